The lowest BCUT2D eigenvalue weighted by molar-refractivity contribution is 0.0822. The van der Waals surface area contributed by atoms with Crippen molar-refractivity contribution in [1.29, 1.82) is 0 Å². The average molecular weight is 364 g/mol. The number of aromatic nitrogens is 1. The van der Waals surface area contributed by atoms with Crippen LogP contribution in [0, 0.1) is 0 Å². The molecule has 1 aromatic carbocycles. The number of rotatable bonds is 9. The first kappa shape index (κ1) is 19.2. The number of hydrogen-bond acceptors (Lipinski definition) is 4. The Balaban J connectivity index is 1.72. The summed E-state index contributed by atoms with van der Waals surface area (Å²) in [5, 5.41) is 3.06. The van der Waals surface area contributed by atoms with Crippen molar-refractivity contribution >= 4 is 15.9 Å². The van der Waals surface area contributed by atoms with Crippen LogP contribution in [0.1, 0.15) is 21.7 Å². The Bertz CT molecular complexity index is 785. The zero-order valence-corrected chi connectivity index (χ0v) is 15.3. The molecule has 0 aliphatic heterocycles. The highest BCUT2D eigenvalue weighted by Crippen LogP contribution is 2.04. The maximum absolute atomic E-state index is 12.0. The predicted octanol–water partition coefficient (Wildman–Crippen LogP) is 0.926. The number of aromatic amines is 1. The summed E-state index contributed by atoms with van der Waals surface area (Å²) < 4.78 is 26.5. The van der Waals surface area contributed by atoms with Gasteiger partial charge in [0.15, 0.2) is 0 Å². The van der Waals surface area contributed by atoms with Crippen LogP contribution in [0.5, 0.6) is 0 Å². The number of carbonyl (C=O) groups is 1. The Kier molecular flexibility index (Phi) is 6.74. The smallest absolute Gasteiger partial charge is 0.269 e. The molecule has 136 valence electrons. The molecule has 2 rings (SSSR count). The number of nitrogens with one attached hydrogen (secondary N) is 3. The first-order chi connectivity index (χ1) is 11.9. The van der Waals surface area contributed by atoms with Gasteiger partial charge in [0.1, 0.15) is 5.69 Å². The van der Waals surface area contributed by atoms with Gasteiger partial charge in [-0.25, -0.2) is 13.1 Å². The molecule has 0 unspecified atom stereocenters. The van der Waals surface area contributed by atoms with E-state index < -0.39 is 10.0 Å². The van der Waals surface area contributed by atoms with E-state index in [4.69, 9.17) is 0 Å². The van der Waals surface area contributed by atoms with Crippen molar-refractivity contribution in [1.82, 2.24) is 19.9 Å². The zero-order valence-electron chi connectivity index (χ0n) is 14.5. The molecule has 7 nitrogen and oxygen atoms in total. The largest absolute Gasteiger partial charge is 0.353 e. The molecule has 1 aromatic heterocycles. The van der Waals surface area contributed by atoms with E-state index in [1.807, 2.05) is 36.4 Å². The van der Waals surface area contributed by atoms with Crippen LogP contribution in [0.4, 0.5) is 0 Å². The number of H-pyrrole nitrogens is 1. The van der Waals surface area contributed by atoms with Gasteiger partial charge in [-0.3, -0.25) is 4.79 Å². The third-order valence-electron chi connectivity index (χ3n) is 3.59. The van der Waals surface area contributed by atoms with Crippen LogP contribution < -0.4 is 10.0 Å². The first-order valence-electron chi connectivity index (χ1n) is 7.99. The van der Waals surface area contributed by atoms with Gasteiger partial charge in [0, 0.05) is 39.4 Å². The lowest BCUT2D eigenvalue weighted by atomic mass is 10.2. The molecule has 0 aliphatic carbocycles. The van der Waals surface area contributed by atoms with Crippen LogP contribution in [0.2, 0.25) is 0 Å². The lowest BCUT2D eigenvalue weighted by Crippen LogP contribution is -2.31. The van der Waals surface area contributed by atoms with Crippen molar-refractivity contribution in [3.63, 3.8) is 0 Å². The summed E-state index contributed by atoms with van der Waals surface area (Å²) in [7, 11) is 0.0406. The molecule has 0 spiro atoms. The number of amides is 1. The van der Waals surface area contributed by atoms with Gasteiger partial charge in [0.25, 0.3) is 5.91 Å². The second-order valence-electron chi connectivity index (χ2n) is 5.90. The summed E-state index contributed by atoms with van der Waals surface area (Å²) in [5.74, 6) is -0.108. The minimum Gasteiger partial charge on any atom is -0.353 e. The third kappa shape index (κ3) is 6.33. The van der Waals surface area contributed by atoms with Crippen molar-refractivity contribution in [3.8, 4) is 0 Å². The molecule has 0 saturated carbocycles. The Labute approximate surface area is 148 Å². The van der Waals surface area contributed by atoms with E-state index in [0.717, 1.165) is 11.3 Å². The van der Waals surface area contributed by atoms with E-state index in [-0.39, 0.29) is 18.2 Å². The molecule has 0 bridgehead atoms. The lowest BCUT2D eigenvalue weighted by Gasteiger charge is -2.08. The van der Waals surface area contributed by atoms with Gasteiger partial charge < -0.3 is 15.2 Å². The van der Waals surface area contributed by atoms with E-state index in [1.165, 1.54) is 4.90 Å². The van der Waals surface area contributed by atoms with Gasteiger partial charge in [0.2, 0.25) is 10.0 Å². The highest BCUT2D eigenvalue weighted by molar-refractivity contribution is 7.89. The monoisotopic (exact) mass is 364 g/mol. The van der Waals surface area contributed by atoms with Crippen LogP contribution in [0.25, 0.3) is 0 Å². The van der Waals surface area contributed by atoms with Crippen LogP contribution in [-0.4, -0.2) is 50.6 Å². The minimum absolute atomic E-state index is 0.00989. The molecule has 0 aliphatic rings. The van der Waals surface area contributed by atoms with Crippen molar-refractivity contribution in [2.45, 2.75) is 13.1 Å². The van der Waals surface area contributed by atoms with E-state index in [9.17, 15) is 13.2 Å². The summed E-state index contributed by atoms with van der Waals surface area (Å²) >= 11 is 0. The number of benzene rings is 1. The predicted molar refractivity (Wildman–Crippen MR) is 97.6 cm³/mol. The minimum atomic E-state index is -3.34. The second kappa shape index (κ2) is 8.80. The fraction of sp³-hybridized carbons (Fsp3) is 0.353. The van der Waals surface area contributed by atoms with Crippen molar-refractivity contribution in [2.75, 3.05) is 26.4 Å². The Morgan fingerprint density at radius 3 is 2.48 bits per heavy atom. The average Bonchev–Trinajstić information content (AvgIpc) is 3.06. The molecule has 1 heterocycles. The van der Waals surface area contributed by atoms with Gasteiger partial charge >= 0.3 is 0 Å². The van der Waals surface area contributed by atoms with E-state index in [2.05, 4.69) is 15.0 Å². The maximum atomic E-state index is 12.0. The Hall–Kier alpha value is -2.16. The third-order valence-corrected chi connectivity index (χ3v) is 4.91. The topological polar surface area (TPSA) is 94.3 Å². The van der Waals surface area contributed by atoms with Gasteiger partial charge in [-0.1, -0.05) is 30.3 Å². The van der Waals surface area contributed by atoms with Crippen molar-refractivity contribution in [3.05, 3.63) is 59.4 Å². The highest BCUT2D eigenvalue weighted by Gasteiger charge is 2.11. The van der Waals surface area contributed by atoms with E-state index in [0.29, 0.717) is 18.8 Å². The first-order valence-corrected chi connectivity index (χ1v) is 9.64. The summed E-state index contributed by atoms with van der Waals surface area (Å²) in [6, 6.07) is 12.9. The van der Waals surface area contributed by atoms with Gasteiger partial charge in [-0.15, -0.1) is 0 Å². The normalized spacial score (nSPS) is 11.4. The van der Waals surface area contributed by atoms with Crippen molar-refractivity contribution < 1.29 is 13.2 Å². The fourth-order valence-electron chi connectivity index (χ4n) is 2.20. The number of carbonyl (C=O) groups excluding carboxylic acids is 1. The molecule has 0 fully saturated rings. The van der Waals surface area contributed by atoms with Gasteiger partial charge in [0.05, 0.1) is 5.75 Å². The molecule has 8 heteroatoms. The maximum Gasteiger partial charge on any atom is 0.269 e. The van der Waals surface area contributed by atoms with E-state index in [1.54, 1.807) is 20.2 Å². The fourth-order valence-corrected chi connectivity index (χ4v) is 3.14. The molecule has 25 heavy (non-hydrogen) atoms. The quantitative estimate of drug-likeness (QED) is 0.577. The summed E-state index contributed by atoms with van der Waals surface area (Å²) in [6.07, 6.45) is 0. The zero-order chi connectivity index (χ0) is 18.3. The number of nitrogens with zero attached hydrogens (tertiary/aromatic N) is 1. The van der Waals surface area contributed by atoms with Crippen molar-refractivity contribution in [2.24, 2.45) is 0 Å². The van der Waals surface area contributed by atoms with Gasteiger partial charge in [-0.2, -0.15) is 0 Å². The van der Waals surface area contributed by atoms with E-state index >= 15 is 0 Å². The van der Waals surface area contributed by atoms with Crippen LogP contribution in [-0.2, 0) is 23.1 Å². The Morgan fingerprint density at radius 2 is 1.80 bits per heavy atom. The molecule has 2 aromatic rings. The molecular formula is C17H24N4O3S. The van der Waals surface area contributed by atoms with Crippen LogP contribution >= 0.6 is 0 Å². The number of hydrogen-bond donors (Lipinski definition) is 3. The molecule has 0 saturated heterocycles. The highest BCUT2D eigenvalue weighted by atomic mass is 32.2. The molecule has 1 amide bonds. The van der Waals surface area contributed by atoms with Crippen LogP contribution in [0.15, 0.2) is 42.5 Å². The molecule has 0 atom stereocenters. The summed E-state index contributed by atoms with van der Waals surface area (Å²) in [5.41, 5.74) is 2.27. The summed E-state index contributed by atoms with van der Waals surface area (Å²) in [6.45, 7) is 1.07. The standard InChI is InChI=1S/C17H24N4O3S/c1-21(2)17(22)16-9-8-15(20-16)13-18-10-11-25(23,24)19-12-14-6-4-3-5-7-14/h3-9,18-20H,10-13H2,1-2H3. The molecular weight excluding hydrogens is 340 g/mol. The second-order valence-corrected chi connectivity index (χ2v) is 7.83. The van der Waals surface area contributed by atoms with Crippen LogP contribution in [0.3, 0.4) is 0 Å². The molecule has 0 radical (unpaired) electrons. The SMILES string of the molecule is CN(C)C(=O)c1ccc(CNCCS(=O)(=O)NCc2ccccc2)[nH]1. The number of sulfonamides is 1. The Morgan fingerprint density at radius 1 is 1.08 bits per heavy atom. The molecule has 3 N–H and O–H groups in total. The summed E-state index contributed by atoms with van der Waals surface area (Å²) in [4.78, 5) is 16.3. The van der Waals surface area contributed by atoms with Gasteiger partial charge in [-0.05, 0) is 17.7 Å².